The summed E-state index contributed by atoms with van der Waals surface area (Å²) in [5.41, 5.74) is 0. The van der Waals surface area contributed by atoms with Gasteiger partial charge < -0.3 is 9.84 Å². The lowest BCUT2D eigenvalue weighted by Gasteiger charge is -2.31. The van der Waals surface area contributed by atoms with Gasteiger partial charge in [-0.25, -0.2) is 0 Å². The van der Waals surface area contributed by atoms with Crippen molar-refractivity contribution >= 4 is 5.97 Å². The Morgan fingerprint density at radius 3 is 2.79 bits per heavy atom. The van der Waals surface area contributed by atoms with Crippen molar-refractivity contribution in [3.8, 4) is 0 Å². The predicted molar refractivity (Wildman–Crippen MR) is 53.7 cm³/mol. The number of hydrogen-bond acceptors (Lipinski definition) is 3. The summed E-state index contributed by atoms with van der Waals surface area (Å²) in [5, 5.41) is 9.73. The van der Waals surface area contributed by atoms with Crippen LogP contribution in [0.15, 0.2) is 12.2 Å². The lowest BCUT2D eigenvalue weighted by Crippen LogP contribution is -2.38. The first-order valence-electron chi connectivity index (χ1n) is 5.09. The minimum Gasteiger partial charge on any atom is -0.469 e. The van der Waals surface area contributed by atoms with E-state index < -0.39 is 6.10 Å². The molecule has 1 aliphatic rings. The number of esters is 1. The first-order chi connectivity index (χ1) is 6.70. The van der Waals surface area contributed by atoms with Crippen LogP contribution in [0.2, 0.25) is 0 Å². The summed E-state index contributed by atoms with van der Waals surface area (Å²) in [6.07, 6.45) is 6.01. The summed E-state index contributed by atoms with van der Waals surface area (Å²) in [6.45, 7) is 1.93. The molecule has 0 aliphatic heterocycles. The van der Waals surface area contributed by atoms with Gasteiger partial charge >= 0.3 is 5.97 Å². The Morgan fingerprint density at radius 2 is 2.21 bits per heavy atom. The zero-order chi connectivity index (χ0) is 10.6. The second kappa shape index (κ2) is 5.15. The number of aliphatic hydroxyl groups is 1. The predicted octanol–water partition coefficient (Wildman–Crippen LogP) is 1.51. The highest BCUT2D eigenvalue weighted by molar-refractivity contribution is 5.73. The van der Waals surface area contributed by atoms with Crippen molar-refractivity contribution in [2.75, 3.05) is 7.11 Å². The number of rotatable bonds is 2. The molecule has 0 aromatic rings. The van der Waals surface area contributed by atoms with Gasteiger partial charge in [-0.15, -0.1) is 0 Å². The van der Waals surface area contributed by atoms with Crippen LogP contribution >= 0.6 is 0 Å². The molecule has 0 spiro atoms. The lowest BCUT2D eigenvalue weighted by molar-refractivity contribution is -0.153. The Balaban J connectivity index is 2.75. The van der Waals surface area contributed by atoms with Crippen LogP contribution in [-0.4, -0.2) is 24.3 Å². The highest BCUT2D eigenvalue weighted by Gasteiger charge is 2.36. The number of carbonyl (C=O) groups is 1. The topological polar surface area (TPSA) is 46.5 Å². The molecule has 0 amide bonds. The SMILES string of the molecule is C/C=C/[C@@H]1CCC[C@H](O)[C@H]1C(=O)OC. The van der Waals surface area contributed by atoms with Crippen molar-refractivity contribution in [2.24, 2.45) is 11.8 Å². The van der Waals surface area contributed by atoms with Crippen molar-refractivity contribution in [3.05, 3.63) is 12.2 Å². The molecule has 0 unspecified atom stereocenters. The first-order valence-corrected chi connectivity index (χ1v) is 5.09. The van der Waals surface area contributed by atoms with Gasteiger partial charge in [0.15, 0.2) is 0 Å². The molecular formula is C11H18O3. The number of methoxy groups -OCH3 is 1. The highest BCUT2D eigenvalue weighted by atomic mass is 16.5. The molecule has 3 nitrogen and oxygen atoms in total. The maximum atomic E-state index is 11.4. The van der Waals surface area contributed by atoms with Crippen molar-refractivity contribution in [1.82, 2.24) is 0 Å². The highest BCUT2D eigenvalue weighted by Crippen LogP contribution is 2.32. The summed E-state index contributed by atoms with van der Waals surface area (Å²) in [4.78, 5) is 11.4. The van der Waals surface area contributed by atoms with Crippen molar-refractivity contribution in [2.45, 2.75) is 32.3 Å². The van der Waals surface area contributed by atoms with E-state index in [1.54, 1.807) is 0 Å². The van der Waals surface area contributed by atoms with Gasteiger partial charge in [-0.1, -0.05) is 18.6 Å². The van der Waals surface area contributed by atoms with E-state index in [1.807, 2.05) is 19.1 Å². The monoisotopic (exact) mass is 198 g/mol. The summed E-state index contributed by atoms with van der Waals surface area (Å²) in [5.74, 6) is -0.526. The molecule has 0 radical (unpaired) electrons. The van der Waals surface area contributed by atoms with Crippen molar-refractivity contribution < 1.29 is 14.6 Å². The molecule has 3 atom stereocenters. The third-order valence-electron chi connectivity index (χ3n) is 2.83. The van der Waals surface area contributed by atoms with Gasteiger partial charge in [0.1, 0.15) is 0 Å². The Kier molecular flexibility index (Phi) is 4.14. The number of carbonyl (C=O) groups excluding carboxylic acids is 1. The Bertz CT molecular complexity index is 223. The average Bonchev–Trinajstić information content (AvgIpc) is 2.18. The van der Waals surface area contributed by atoms with Gasteiger partial charge in [-0.2, -0.15) is 0 Å². The Morgan fingerprint density at radius 1 is 1.50 bits per heavy atom. The van der Waals surface area contributed by atoms with E-state index in [4.69, 9.17) is 4.74 Å². The quantitative estimate of drug-likeness (QED) is 0.540. The molecule has 0 aromatic heterocycles. The molecule has 0 saturated heterocycles. The molecule has 1 N–H and O–H groups in total. The van der Waals surface area contributed by atoms with Gasteiger partial charge in [-0.3, -0.25) is 4.79 Å². The normalized spacial score (nSPS) is 33.2. The molecular weight excluding hydrogens is 180 g/mol. The number of ether oxygens (including phenoxy) is 1. The molecule has 80 valence electrons. The third-order valence-corrected chi connectivity index (χ3v) is 2.83. The van der Waals surface area contributed by atoms with Crippen LogP contribution in [-0.2, 0) is 9.53 Å². The molecule has 14 heavy (non-hydrogen) atoms. The molecule has 0 aromatic carbocycles. The smallest absolute Gasteiger partial charge is 0.311 e. The molecule has 3 heteroatoms. The Labute approximate surface area is 84.8 Å². The van der Waals surface area contributed by atoms with Crippen molar-refractivity contribution in [1.29, 1.82) is 0 Å². The van der Waals surface area contributed by atoms with Gasteiger partial charge in [0.05, 0.1) is 19.1 Å². The van der Waals surface area contributed by atoms with Gasteiger partial charge in [0.2, 0.25) is 0 Å². The van der Waals surface area contributed by atoms with E-state index in [9.17, 15) is 9.90 Å². The maximum absolute atomic E-state index is 11.4. The van der Waals surface area contributed by atoms with Crippen LogP contribution in [0.3, 0.4) is 0 Å². The van der Waals surface area contributed by atoms with Crippen LogP contribution in [0, 0.1) is 11.8 Å². The zero-order valence-corrected chi connectivity index (χ0v) is 8.77. The van der Waals surface area contributed by atoms with Crippen LogP contribution < -0.4 is 0 Å². The number of allylic oxidation sites excluding steroid dienone is 2. The van der Waals surface area contributed by atoms with E-state index in [0.29, 0.717) is 6.42 Å². The van der Waals surface area contributed by atoms with Gasteiger partial charge in [0.25, 0.3) is 0 Å². The maximum Gasteiger partial charge on any atom is 0.311 e. The van der Waals surface area contributed by atoms with E-state index in [2.05, 4.69) is 0 Å². The minimum atomic E-state index is -0.544. The summed E-state index contributed by atoms with van der Waals surface area (Å²) >= 11 is 0. The first kappa shape index (κ1) is 11.2. The average molecular weight is 198 g/mol. The van der Waals surface area contributed by atoms with Gasteiger partial charge in [0, 0.05) is 0 Å². The molecule has 0 heterocycles. The summed E-state index contributed by atoms with van der Waals surface area (Å²) in [6, 6.07) is 0. The Hall–Kier alpha value is -0.830. The fourth-order valence-corrected chi connectivity index (χ4v) is 2.14. The summed E-state index contributed by atoms with van der Waals surface area (Å²) < 4.78 is 4.70. The third kappa shape index (κ3) is 2.35. The zero-order valence-electron chi connectivity index (χ0n) is 8.77. The van der Waals surface area contributed by atoms with E-state index in [1.165, 1.54) is 7.11 Å². The van der Waals surface area contributed by atoms with Crippen LogP contribution in [0.25, 0.3) is 0 Å². The van der Waals surface area contributed by atoms with Crippen LogP contribution in [0.1, 0.15) is 26.2 Å². The molecule has 1 rings (SSSR count). The van der Waals surface area contributed by atoms with Crippen LogP contribution in [0.4, 0.5) is 0 Å². The fraction of sp³-hybridized carbons (Fsp3) is 0.727. The van der Waals surface area contributed by atoms with E-state index in [0.717, 1.165) is 12.8 Å². The van der Waals surface area contributed by atoms with Gasteiger partial charge in [-0.05, 0) is 25.7 Å². The molecule has 1 saturated carbocycles. The summed E-state index contributed by atoms with van der Waals surface area (Å²) in [7, 11) is 1.37. The standard InChI is InChI=1S/C11H18O3/c1-3-5-8-6-4-7-9(12)10(8)11(13)14-2/h3,5,8-10,12H,4,6-7H2,1-2H3/b5-3+/t8-,9+,10+/m1/s1. The molecule has 1 aliphatic carbocycles. The fourth-order valence-electron chi connectivity index (χ4n) is 2.14. The van der Waals surface area contributed by atoms with Crippen LogP contribution in [0.5, 0.6) is 0 Å². The molecule has 1 fully saturated rings. The largest absolute Gasteiger partial charge is 0.469 e. The minimum absolute atomic E-state index is 0.135. The van der Waals surface area contributed by atoms with E-state index in [-0.39, 0.29) is 17.8 Å². The second-order valence-electron chi connectivity index (χ2n) is 3.74. The number of hydrogen-bond donors (Lipinski definition) is 1. The van der Waals surface area contributed by atoms with E-state index >= 15 is 0 Å². The number of aliphatic hydroxyl groups excluding tert-OH is 1. The van der Waals surface area contributed by atoms with Crippen molar-refractivity contribution in [3.63, 3.8) is 0 Å². The molecule has 0 bridgehead atoms. The lowest BCUT2D eigenvalue weighted by atomic mass is 9.77. The second-order valence-corrected chi connectivity index (χ2v) is 3.74.